The molecule has 0 N–H and O–H groups in total. The van der Waals surface area contributed by atoms with Crippen LogP contribution in [-0.2, 0) is 19.1 Å². The average Bonchev–Trinajstić information content (AvgIpc) is 2.29. The molecule has 0 bridgehead atoms. The molecule has 0 aromatic rings. The van der Waals surface area contributed by atoms with E-state index in [1.54, 1.807) is 6.92 Å². The maximum atomic E-state index is 11.5. The third kappa shape index (κ3) is 3.73. The average molecular weight is 238 g/mol. The number of carbonyl (C=O) groups excluding carboxylic acids is 2. The fourth-order valence-corrected chi connectivity index (χ4v) is 1.80. The lowest BCUT2D eigenvalue weighted by atomic mass is 9.94. The minimum absolute atomic E-state index is 0.296. The smallest absolute Gasteiger partial charge is 0.336 e. The molecular formula is C13H18O4. The molecule has 17 heavy (non-hydrogen) atoms. The summed E-state index contributed by atoms with van der Waals surface area (Å²) in [6.45, 7) is 8.42. The molecule has 0 spiro atoms. The quantitative estimate of drug-likeness (QED) is 0.429. The summed E-state index contributed by atoms with van der Waals surface area (Å²) in [5, 5.41) is 0. The Bertz CT molecular complexity index is 337. The Labute approximate surface area is 101 Å². The monoisotopic (exact) mass is 238 g/mol. The molecule has 1 saturated carbocycles. The van der Waals surface area contributed by atoms with Crippen molar-refractivity contribution in [2.45, 2.75) is 44.8 Å². The Balaban J connectivity index is 2.77. The Morgan fingerprint density at radius 3 is 2.24 bits per heavy atom. The van der Waals surface area contributed by atoms with Crippen LogP contribution >= 0.6 is 0 Å². The van der Waals surface area contributed by atoms with Crippen molar-refractivity contribution in [1.82, 2.24) is 0 Å². The molecule has 0 aromatic carbocycles. The molecule has 0 heterocycles. The van der Waals surface area contributed by atoms with Crippen LogP contribution in [0.25, 0.3) is 0 Å². The lowest BCUT2D eigenvalue weighted by Crippen LogP contribution is -2.41. The van der Waals surface area contributed by atoms with Gasteiger partial charge >= 0.3 is 11.9 Å². The molecule has 4 heteroatoms. The van der Waals surface area contributed by atoms with E-state index in [9.17, 15) is 9.59 Å². The van der Waals surface area contributed by atoms with Crippen molar-refractivity contribution in [3.63, 3.8) is 0 Å². The first-order valence-corrected chi connectivity index (χ1v) is 5.73. The van der Waals surface area contributed by atoms with Crippen molar-refractivity contribution in [1.29, 1.82) is 0 Å². The first-order valence-electron chi connectivity index (χ1n) is 5.73. The fourth-order valence-electron chi connectivity index (χ4n) is 1.80. The van der Waals surface area contributed by atoms with Gasteiger partial charge in [-0.3, -0.25) is 0 Å². The molecule has 0 saturated heterocycles. The molecule has 0 unspecified atom stereocenters. The second-order valence-corrected chi connectivity index (χ2v) is 4.27. The van der Waals surface area contributed by atoms with Crippen LogP contribution in [0.3, 0.4) is 0 Å². The van der Waals surface area contributed by atoms with Crippen molar-refractivity contribution >= 4 is 11.9 Å². The zero-order chi connectivity index (χ0) is 12.9. The number of hydrogen-bond donors (Lipinski definition) is 0. The van der Waals surface area contributed by atoms with Gasteiger partial charge in [0.25, 0.3) is 5.79 Å². The zero-order valence-electron chi connectivity index (χ0n) is 10.2. The second-order valence-electron chi connectivity index (χ2n) is 4.27. The summed E-state index contributed by atoms with van der Waals surface area (Å²) in [5.41, 5.74) is 0.296. The highest BCUT2D eigenvalue weighted by Gasteiger charge is 2.39. The van der Waals surface area contributed by atoms with Crippen LogP contribution in [0.1, 0.15) is 39.0 Å². The van der Waals surface area contributed by atoms with Crippen LogP contribution in [-0.4, -0.2) is 17.7 Å². The first kappa shape index (κ1) is 13.5. The van der Waals surface area contributed by atoms with E-state index in [1.165, 1.54) is 0 Å². The van der Waals surface area contributed by atoms with E-state index in [4.69, 9.17) is 9.47 Å². The normalized spacial score (nSPS) is 17.9. The predicted molar refractivity (Wildman–Crippen MR) is 63.0 cm³/mol. The van der Waals surface area contributed by atoms with Gasteiger partial charge in [-0.1, -0.05) is 19.6 Å². The maximum Gasteiger partial charge on any atom is 0.336 e. The molecule has 0 amide bonds. The molecule has 1 rings (SSSR count). The minimum atomic E-state index is -1.13. The minimum Gasteiger partial charge on any atom is -0.419 e. The van der Waals surface area contributed by atoms with Crippen LogP contribution in [0, 0.1) is 0 Å². The highest BCUT2D eigenvalue weighted by Crippen LogP contribution is 2.33. The van der Waals surface area contributed by atoms with E-state index in [-0.39, 0.29) is 0 Å². The number of carbonyl (C=O) groups is 2. The van der Waals surface area contributed by atoms with E-state index >= 15 is 0 Å². The molecule has 1 aliphatic rings. The lowest BCUT2D eigenvalue weighted by molar-refractivity contribution is -0.232. The van der Waals surface area contributed by atoms with E-state index in [1.807, 2.05) is 0 Å². The third-order valence-electron chi connectivity index (χ3n) is 2.70. The second kappa shape index (κ2) is 5.66. The maximum absolute atomic E-state index is 11.5. The van der Waals surface area contributed by atoms with Crippen molar-refractivity contribution in [3.05, 3.63) is 24.8 Å². The van der Waals surface area contributed by atoms with Gasteiger partial charge in [-0.15, -0.1) is 0 Å². The lowest BCUT2D eigenvalue weighted by Gasteiger charge is -2.35. The Morgan fingerprint density at radius 1 is 1.18 bits per heavy atom. The van der Waals surface area contributed by atoms with Crippen molar-refractivity contribution in [2.24, 2.45) is 0 Å². The highest BCUT2D eigenvalue weighted by molar-refractivity contribution is 5.87. The van der Waals surface area contributed by atoms with Crippen LogP contribution in [0.4, 0.5) is 0 Å². The molecule has 94 valence electrons. The van der Waals surface area contributed by atoms with Gasteiger partial charge in [0.2, 0.25) is 0 Å². The van der Waals surface area contributed by atoms with Crippen molar-refractivity contribution in [3.8, 4) is 0 Å². The van der Waals surface area contributed by atoms with Gasteiger partial charge in [-0.25, -0.2) is 9.59 Å². The van der Waals surface area contributed by atoms with E-state index in [2.05, 4.69) is 13.2 Å². The molecule has 0 atom stereocenters. The van der Waals surface area contributed by atoms with Gasteiger partial charge in [0, 0.05) is 24.5 Å². The van der Waals surface area contributed by atoms with Gasteiger partial charge in [-0.05, 0) is 19.8 Å². The topological polar surface area (TPSA) is 52.6 Å². The predicted octanol–water partition coefficient (Wildman–Crippen LogP) is 2.50. The summed E-state index contributed by atoms with van der Waals surface area (Å²) < 4.78 is 10.5. The van der Waals surface area contributed by atoms with Gasteiger partial charge < -0.3 is 9.47 Å². The van der Waals surface area contributed by atoms with Gasteiger partial charge in [-0.2, -0.15) is 0 Å². The number of ether oxygens (including phenoxy) is 2. The number of hydrogen-bond acceptors (Lipinski definition) is 4. The molecule has 4 nitrogen and oxygen atoms in total. The molecule has 1 aliphatic carbocycles. The first-order chi connectivity index (χ1) is 7.99. The Hall–Kier alpha value is -1.58. The summed E-state index contributed by atoms with van der Waals surface area (Å²) in [6.07, 6.45) is 4.93. The Kier molecular flexibility index (Phi) is 4.49. The van der Waals surface area contributed by atoms with E-state index in [0.29, 0.717) is 18.4 Å². The molecular weight excluding hydrogens is 220 g/mol. The summed E-state index contributed by atoms with van der Waals surface area (Å²) in [7, 11) is 0. The molecule has 1 fully saturated rings. The standard InChI is InChI=1S/C13H18O4/c1-4-11(14)16-13(8-6-5-7-9-13)17-12(15)10(2)3/h4H,1-2,5-9H2,3H3. The van der Waals surface area contributed by atoms with Gasteiger partial charge in [0.1, 0.15) is 0 Å². The van der Waals surface area contributed by atoms with E-state index in [0.717, 1.165) is 25.3 Å². The summed E-state index contributed by atoms with van der Waals surface area (Å²) in [5.74, 6) is -2.22. The number of esters is 2. The summed E-state index contributed by atoms with van der Waals surface area (Å²) >= 11 is 0. The highest BCUT2D eigenvalue weighted by atomic mass is 16.7. The van der Waals surface area contributed by atoms with Crippen molar-refractivity contribution in [2.75, 3.05) is 0 Å². The summed E-state index contributed by atoms with van der Waals surface area (Å²) in [6, 6.07) is 0. The van der Waals surface area contributed by atoms with Crippen molar-refractivity contribution < 1.29 is 19.1 Å². The van der Waals surface area contributed by atoms with Crippen LogP contribution < -0.4 is 0 Å². The SMILES string of the molecule is C=CC(=O)OC1(OC(=O)C(=C)C)CCCCC1. The van der Waals surface area contributed by atoms with Gasteiger partial charge in [0.05, 0.1) is 0 Å². The largest absolute Gasteiger partial charge is 0.419 e. The summed E-state index contributed by atoms with van der Waals surface area (Å²) in [4.78, 5) is 22.8. The number of rotatable bonds is 4. The molecule has 0 aliphatic heterocycles. The van der Waals surface area contributed by atoms with Crippen LogP contribution in [0.15, 0.2) is 24.8 Å². The van der Waals surface area contributed by atoms with Crippen LogP contribution in [0.5, 0.6) is 0 Å². The van der Waals surface area contributed by atoms with Gasteiger partial charge in [0.15, 0.2) is 0 Å². The fraction of sp³-hybridized carbons (Fsp3) is 0.538. The van der Waals surface area contributed by atoms with Crippen LogP contribution in [0.2, 0.25) is 0 Å². The Morgan fingerprint density at radius 2 is 1.76 bits per heavy atom. The molecule has 0 radical (unpaired) electrons. The zero-order valence-corrected chi connectivity index (χ0v) is 10.2. The third-order valence-corrected chi connectivity index (χ3v) is 2.70. The molecule has 0 aromatic heterocycles. The van der Waals surface area contributed by atoms with E-state index < -0.39 is 17.7 Å².